The maximum Gasteiger partial charge on any atom is 0.208 e. The fraction of sp³-hybridized carbons (Fsp3) is 0.500. The number of hydrogen-bond acceptors (Lipinski definition) is 1. The first-order valence-corrected chi connectivity index (χ1v) is 3.98. The summed E-state index contributed by atoms with van der Waals surface area (Å²) in [5.74, 6) is 0. The van der Waals surface area contributed by atoms with E-state index in [0.717, 1.165) is 0 Å². The Bertz CT molecular complexity index is 98.2. The standard InChI is InChI=1S/C4H5Br2ClO/c1-2-8-4(7)3(5)6/h2H2,1H3. The van der Waals surface area contributed by atoms with Crippen molar-refractivity contribution in [1.82, 2.24) is 0 Å². The van der Waals surface area contributed by atoms with Crippen LogP contribution in [-0.4, -0.2) is 6.61 Å². The molecule has 0 aromatic heterocycles. The lowest BCUT2D eigenvalue weighted by Gasteiger charge is -1.97. The van der Waals surface area contributed by atoms with Gasteiger partial charge in [-0.15, -0.1) is 0 Å². The molecule has 0 aromatic carbocycles. The topological polar surface area (TPSA) is 9.23 Å². The average Bonchev–Trinajstić information content (AvgIpc) is 1.67. The van der Waals surface area contributed by atoms with Gasteiger partial charge in [0.2, 0.25) is 5.22 Å². The van der Waals surface area contributed by atoms with Crippen molar-refractivity contribution in [2.24, 2.45) is 0 Å². The number of halogens is 3. The van der Waals surface area contributed by atoms with Gasteiger partial charge in [0, 0.05) is 0 Å². The van der Waals surface area contributed by atoms with E-state index in [0.29, 0.717) is 15.2 Å². The zero-order valence-corrected chi connectivity index (χ0v) is 8.18. The molecule has 0 aliphatic carbocycles. The van der Waals surface area contributed by atoms with Crippen molar-refractivity contribution in [2.45, 2.75) is 6.92 Å². The molecule has 0 fully saturated rings. The van der Waals surface area contributed by atoms with Crippen molar-refractivity contribution in [3.63, 3.8) is 0 Å². The van der Waals surface area contributed by atoms with Crippen LogP contribution < -0.4 is 0 Å². The SMILES string of the molecule is CCOC(Cl)=C(Br)Br. The molecule has 0 radical (unpaired) electrons. The summed E-state index contributed by atoms with van der Waals surface area (Å²) in [4.78, 5) is 0. The Balaban J connectivity index is 3.62. The van der Waals surface area contributed by atoms with Gasteiger partial charge in [-0.25, -0.2) is 0 Å². The Morgan fingerprint density at radius 1 is 1.62 bits per heavy atom. The highest BCUT2D eigenvalue weighted by Gasteiger charge is 1.94. The zero-order valence-electron chi connectivity index (χ0n) is 4.25. The predicted molar refractivity (Wildman–Crippen MR) is 42.4 cm³/mol. The molecule has 0 aliphatic rings. The van der Waals surface area contributed by atoms with Gasteiger partial charge in [-0.05, 0) is 50.4 Å². The van der Waals surface area contributed by atoms with Crippen LogP contribution in [0.5, 0.6) is 0 Å². The van der Waals surface area contributed by atoms with Gasteiger partial charge in [0.05, 0.1) is 6.61 Å². The van der Waals surface area contributed by atoms with Crippen molar-refractivity contribution in [2.75, 3.05) is 6.61 Å². The molecule has 0 spiro atoms. The molecule has 0 saturated carbocycles. The van der Waals surface area contributed by atoms with Crippen LogP contribution in [0.2, 0.25) is 0 Å². The Morgan fingerprint density at radius 3 is 2.25 bits per heavy atom. The minimum atomic E-state index is 0.354. The van der Waals surface area contributed by atoms with E-state index in [1.54, 1.807) is 0 Å². The molecule has 1 nitrogen and oxygen atoms in total. The second kappa shape index (κ2) is 4.65. The lowest BCUT2D eigenvalue weighted by molar-refractivity contribution is 0.255. The molecule has 0 aliphatic heterocycles. The summed E-state index contributed by atoms with van der Waals surface area (Å²) in [7, 11) is 0. The third-order valence-electron chi connectivity index (χ3n) is 0.420. The van der Waals surface area contributed by atoms with Crippen LogP contribution in [0.3, 0.4) is 0 Å². The van der Waals surface area contributed by atoms with Crippen LogP contribution in [-0.2, 0) is 4.74 Å². The molecule has 0 atom stereocenters. The molecular formula is C4H5Br2ClO. The third-order valence-corrected chi connectivity index (χ3v) is 1.89. The third kappa shape index (κ3) is 3.75. The quantitative estimate of drug-likeness (QED) is 0.696. The molecule has 0 heterocycles. The van der Waals surface area contributed by atoms with E-state index in [4.69, 9.17) is 16.3 Å². The van der Waals surface area contributed by atoms with Gasteiger partial charge in [0.15, 0.2) is 0 Å². The van der Waals surface area contributed by atoms with E-state index in [9.17, 15) is 0 Å². The molecule has 0 aromatic rings. The molecular weight excluding hydrogens is 259 g/mol. The van der Waals surface area contributed by atoms with Crippen molar-refractivity contribution >= 4 is 43.5 Å². The van der Waals surface area contributed by atoms with Gasteiger partial charge in [0.25, 0.3) is 0 Å². The molecule has 0 N–H and O–H groups in total. The maximum absolute atomic E-state index is 5.48. The summed E-state index contributed by atoms with van der Waals surface area (Å²) in [6.45, 7) is 2.45. The minimum absolute atomic E-state index is 0.354. The smallest absolute Gasteiger partial charge is 0.208 e. The predicted octanol–water partition coefficient (Wildman–Crippen LogP) is 3.18. The first-order chi connectivity index (χ1) is 3.68. The normalized spacial score (nSPS) is 8.50. The molecule has 0 rings (SSSR count). The highest BCUT2D eigenvalue weighted by Crippen LogP contribution is 2.22. The van der Waals surface area contributed by atoms with E-state index in [1.165, 1.54) is 0 Å². The zero-order chi connectivity index (χ0) is 6.57. The van der Waals surface area contributed by atoms with Crippen LogP contribution in [0.15, 0.2) is 8.61 Å². The van der Waals surface area contributed by atoms with Gasteiger partial charge in [0.1, 0.15) is 3.39 Å². The monoisotopic (exact) mass is 262 g/mol. The van der Waals surface area contributed by atoms with Crippen molar-refractivity contribution in [1.29, 1.82) is 0 Å². The number of ether oxygens (including phenoxy) is 1. The first kappa shape index (κ1) is 8.79. The van der Waals surface area contributed by atoms with Crippen LogP contribution in [0, 0.1) is 0 Å². The highest BCUT2D eigenvalue weighted by molar-refractivity contribution is 9.28. The van der Waals surface area contributed by atoms with Crippen molar-refractivity contribution in [3.05, 3.63) is 8.61 Å². The van der Waals surface area contributed by atoms with Crippen LogP contribution >= 0.6 is 43.5 Å². The molecule has 8 heavy (non-hydrogen) atoms. The van der Waals surface area contributed by atoms with Gasteiger partial charge >= 0.3 is 0 Å². The Kier molecular flexibility index (Phi) is 5.11. The fourth-order valence-electron chi connectivity index (χ4n) is 0.181. The van der Waals surface area contributed by atoms with Crippen molar-refractivity contribution in [3.8, 4) is 0 Å². The van der Waals surface area contributed by atoms with E-state index < -0.39 is 0 Å². The molecule has 4 heteroatoms. The molecule has 48 valence electrons. The highest BCUT2D eigenvalue weighted by atomic mass is 79.9. The second-order valence-corrected chi connectivity index (χ2v) is 3.96. The Morgan fingerprint density at radius 2 is 2.12 bits per heavy atom. The van der Waals surface area contributed by atoms with E-state index >= 15 is 0 Å². The van der Waals surface area contributed by atoms with Gasteiger partial charge in [-0.2, -0.15) is 0 Å². The van der Waals surface area contributed by atoms with E-state index in [2.05, 4.69) is 31.9 Å². The van der Waals surface area contributed by atoms with Gasteiger partial charge in [-0.1, -0.05) is 0 Å². The van der Waals surface area contributed by atoms with Gasteiger partial charge < -0.3 is 4.74 Å². The maximum atomic E-state index is 5.48. The fourth-order valence-corrected chi connectivity index (χ4v) is 0.519. The summed E-state index contributed by atoms with van der Waals surface area (Å²) in [6.07, 6.45) is 0. The van der Waals surface area contributed by atoms with Crippen LogP contribution in [0.25, 0.3) is 0 Å². The Hall–Kier alpha value is 0.790. The summed E-state index contributed by atoms with van der Waals surface area (Å²) in [5.41, 5.74) is 0. The molecule has 0 bridgehead atoms. The molecule has 0 amide bonds. The van der Waals surface area contributed by atoms with Crippen LogP contribution in [0.1, 0.15) is 6.92 Å². The molecule has 0 saturated heterocycles. The van der Waals surface area contributed by atoms with Crippen LogP contribution in [0.4, 0.5) is 0 Å². The number of hydrogen-bond donors (Lipinski definition) is 0. The van der Waals surface area contributed by atoms with E-state index in [-0.39, 0.29) is 0 Å². The lowest BCUT2D eigenvalue weighted by Crippen LogP contribution is -1.82. The number of rotatable bonds is 2. The van der Waals surface area contributed by atoms with E-state index in [1.807, 2.05) is 6.92 Å². The summed E-state index contributed by atoms with van der Waals surface area (Å²) in [6, 6.07) is 0. The average molecular weight is 264 g/mol. The summed E-state index contributed by atoms with van der Waals surface area (Å²) >= 11 is 11.6. The summed E-state index contributed by atoms with van der Waals surface area (Å²) in [5, 5.41) is 0.354. The minimum Gasteiger partial charge on any atom is -0.482 e. The largest absolute Gasteiger partial charge is 0.482 e. The van der Waals surface area contributed by atoms with Gasteiger partial charge in [-0.3, -0.25) is 0 Å². The Labute approximate surface area is 70.3 Å². The second-order valence-electron chi connectivity index (χ2n) is 0.967. The molecule has 0 unspecified atom stereocenters. The van der Waals surface area contributed by atoms with Crippen molar-refractivity contribution < 1.29 is 4.74 Å². The lowest BCUT2D eigenvalue weighted by atomic mass is 10.9. The summed E-state index contributed by atoms with van der Waals surface area (Å²) < 4.78 is 5.50. The first-order valence-electron chi connectivity index (χ1n) is 2.02.